The Balaban J connectivity index is 1.97. The molecule has 0 saturated carbocycles. The second kappa shape index (κ2) is 7.08. The minimum Gasteiger partial charge on any atom is -0.340 e. The molecule has 1 heterocycles. The number of carbonyl (C=O) groups is 1. The van der Waals surface area contributed by atoms with Crippen LogP contribution in [0, 0.1) is 5.92 Å². The van der Waals surface area contributed by atoms with Crippen molar-refractivity contribution in [2.45, 2.75) is 52.7 Å². The summed E-state index contributed by atoms with van der Waals surface area (Å²) in [5, 5.41) is 0. The predicted octanol–water partition coefficient (Wildman–Crippen LogP) is 3.15. The van der Waals surface area contributed by atoms with Crippen LogP contribution in [0.25, 0.3) is 0 Å². The first-order valence-electron chi connectivity index (χ1n) is 8.04. The first-order valence-corrected chi connectivity index (χ1v) is 8.04. The quantitative estimate of drug-likeness (QED) is 0.849. The molecule has 2 rings (SSSR count). The van der Waals surface area contributed by atoms with E-state index in [0.717, 1.165) is 19.6 Å². The smallest absolute Gasteiger partial charge is 0.222 e. The Bertz CT molecular complexity index is 446. The van der Waals surface area contributed by atoms with Crippen LogP contribution in [0.3, 0.4) is 0 Å². The maximum absolute atomic E-state index is 12.3. The lowest BCUT2D eigenvalue weighted by Crippen LogP contribution is -2.57. The molecule has 1 aliphatic heterocycles. The Morgan fingerprint density at radius 1 is 1.14 bits per heavy atom. The topological polar surface area (TPSA) is 23.6 Å². The van der Waals surface area contributed by atoms with E-state index in [2.05, 4.69) is 67.8 Å². The SMILES string of the molecule is CC(C)CC(=O)N1CC(C)N(Cc2ccccc2)C(C)C1. The second-order valence-corrected chi connectivity index (χ2v) is 6.75. The van der Waals surface area contributed by atoms with Crippen LogP contribution >= 0.6 is 0 Å². The van der Waals surface area contributed by atoms with E-state index in [0.29, 0.717) is 30.3 Å². The van der Waals surface area contributed by atoms with E-state index in [1.165, 1.54) is 5.56 Å². The molecule has 2 unspecified atom stereocenters. The van der Waals surface area contributed by atoms with Gasteiger partial charge in [0.05, 0.1) is 0 Å². The molecule has 3 heteroatoms. The lowest BCUT2D eigenvalue weighted by molar-refractivity contribution is -0.136. The summed E-state index contributed by atoms with van der Waals surface area (Å²) in [6.07, 6.45) is 0.665. The summed E-state index contributed by atoms with van der Waals surface area (Å²) in [7, 11) is 0. The van der Waals surface area contributed by atoms with Crippen LogP contribution in [-0.4, -0.2) is 40.9 Å². The Morgan fingerprint density at radius 3 is 2.24 bits per heavy atom. The fraction of sp³-hybridized carbons (Fsp3) is 0.611. The number of piperazine rings is 1. The third kappa shape index (κ3) is 4.31. The maximum atomic E-state index is 12.3. The first kappa shape index (κ1) is 16.0. The largest absolute Gasteiger partial charge is 0.340 e. The summed E-state index contributed by atoms with van der Waals surface area (Å²) in [5.41, 5.74) is 1.35. The Hall–Kier alpha value is -1.35. The van der Waals surface area contributed by atoms with Gasteiger partial charge >= 0.3 is 0 Å². The number of hydrogen-bond acceptors (Lipinski definition) is 2. The molecule has 1 aromatic carbocycles. The number of rotatable bonds is 4. The monoisotopic (exact) mass is 288 g/mol. The first-order chi connectivity index (χ1) is 9.97. The molecular weight excluding hydrogens is 260 g/mol. The Kier molecular flexibility index (Phi) is 5.40. The second-order valence-electron chi connectivity index (χ2n) is 6.75. The van der Waals surface area contributed by atoms with Gasteiger partial charge < -0.3 is 4.90 Å². The molecule has 21 heavy (non-hydrogen) atoms. The minimum atomic E-state index is 0.308. The summed E-state index contributed by atoms with van der Waals surface area (Å²) >= 11 is 0. The van der Waals surface area contributed by atoms with Crippen molar-refractivity contribution >= 4 is 5.91 Å². The molecule has 1 aromatic rings. The van der Waals surface area contributed by atoms with E-state index in [1.54, 1.807) is 0 Å². The zero-order valence-electron chi connectivity index (χ0n) is 13.7. The fourth-order valence-corrected chi connectivity index (χ4v) is 3.14. The fourth-order valence-electron chi connectivity index (χ4n) is 3.14. The number of benzene rings is 1. The zero-order chi connectivity index (χ0) is 15.4. The third-order valence-electron chi connectivity index (χ3n) is 4.25. The highest BCUT2D eigenvalue weighted by molar-refractivity contribution is 5.76. The molecule has 2 atom stereocenters. The normalized spacial score (nSPS) is 23.6. The molecule has 0 aliphatic carbocycles. The summed E-state index contributed by atoms with van der Waals surface area (Å²) in [5.74, 6) is 0.744. The Labute approximate surface area is 128 Å². The summed E-state index contributed by atoms with van der Waals surface area (Å²) in [4.78, 5) is 16.8. The minimum absolute atomic E-state index is 0.308. The van der Waals surface area contributed by atoms with Gasteiger partial charge in [0.25, 0.3) is 0 Å². The van der Waals surface area contributed by atoms with Crippen molar-refractivity contribution < 1.29 is 4.79 Å². The molecule has 0 spiro atoms. The van der Waals surface area contributed by atoms with Crippen LogP contribution in [-0.2, 0) is 11.3 Å². The van der Waals surface area contributed by atoms with Crippen LogP contribution < -0.4 is 0 Å². The standard InChI is InChI=1S/C18H28N2O/c1-14(2)10-18(21)19-11-15(3)20(16(4)12-19)13-17-8-6-5-7-9-17/h5-9,14-16H,10-13H2,1-4H3. The van der Waals surface area contributed by atoms with Crippen LogP contribution in [0.2, 0.25) is 0 Å². The summed E-state index contributed by atoms with van der Waals surface area (Å²) in [6.45, 7) is 11.3. The molecule has 116 valence electrons. The number of amides is 1. The zero-order valence-corrected chi connectivity index (χ0v) is 13.7. The van der Waals surface area contributed by atoms with E-state index >= 15 is 0 Å². The number of hydrogen-bond donors (Lipinski definition) is 0. The highest BCUT2D eigenvalue weighted by Gasteiger charge is 2.31. The van der Waals surface area contributed by atoms with E-state index in [4.69, 9.17) is 0 Å². The average molecular weight is 288 g/mol. The molecular formula is C18H28N2O. The van der Waals surface area contributed by atoms with E-state index in [9.17, 15) is 4.79 Å². The van der Waals surface area contributed by atoms with Crippen molar-refractivity contribution in [1.82, 2.24) is 9.80 Å². The lowest BCUT2D eigenvalue weighted by atomic mass is 10.0. The van der Waals surface area contributed by atoms with Gasteiger partial charge in [-0.1, -0.05) is 44.2 Å². The van der Waals surface area contributed by atoms with Gasteiger partial charge in [-0.2, -0.15) is 0 Å². The molecule has 1 amide bonds. The van der Waals surface area contributed by atoms with E-state index < -0.39 is 0 Å². The number of carbonyl (C=O) groups excluding carboxylic acids is 1. The van der Waals surface area contributed by atoms with Gasteiger partial charge in [-0.25, -0.2) is 0 Å². The van der Waals surface area contributed by atoms with E-state index in [-0.39, 0.29) is 0 Å². The number of nitrogens with zero attached hydrogens (tertiary/aromatic N) is 2. The lowest BCUT2D eigenvalue weighted by Gasteiger charge is -2.44. The van der Waals surface area contributed by atoms with Crippen LogP contribution in [0.15, 0.2) is 30.3 Å². The average Bonchev–Trinajstić information content (AvgIpc) is 2.43. The van der Waals surface area contributed by atoms with Crippen molar-refractivity contribution in [3.8, 4) is 0 Å². The molecule has 3 nitrogen and oxygen atoms in total. The van der Waals surface area contributed by atoms with Crippen molar-refractivity contribution in [1.29, 1.82) is 0 Å². The van der Waals surface area contributed by atoms with Gasteiger partial charge in [0.2, 0.25) is 5.91 Å². The van der Waals surface area contributed by atoms with Crippen molar-refractivity contribution in [3.63, 3.8) is 0 Å². The van der Waals surface area contributed by atoms with Gasteiger partial charge in [-0.3, -0.25) is 9.69 Å². The predicted molar refractivity (Wildman–Crippen MR) is 86.9 cm³/mol. The summed E-state index contributed by atoms with van der Waals surface area (Å²) in [6, 6.07) is 11.4. The van der Waals surface area contributed by atoms with Gasteiger partial charge in [0, 0.05) is 38.1 Å². The molecule has 1 aliphatic rings. The summed E-state index contributed by atoms with van der Waals surface area (Å²) < 4.78 is 0. The third-order valence-corrected chi connectivity index (χ3v) is 4.25. The highest BCUT2D eigenvalue weighted by Crippen LogP contribution is 2.20. The van der Waals surface area contributed by atoms with E-state index in [1.807, 2.05) is 0 Å². The van der Waals surface area contributed by atoms with Crippen LogP contribution in [0.4, 0.5) is 0 Å². The van der Waals surface area contributed by atoms with Crippen LogP contribution in [0.1, 0.15) is 39.7 Å². The van der Waals surface area contributed by atoms with Gasteiger partial charge in [0.15, 0.2) is 0 Å². The molecule has 0 aromatic heterocycles. The maximum Gasteiger partial charge on any atom is 0.222 e. The van der Waals surface area contributed by atoms with Crippen molar-refractivity contribution in [2.24, 2.45) is 5.92 Å². The van der Waals surface area contributed by atoms with Crippen molar-refractivity contribution in [2.75, 3.05) is 13.1 Å². The van der Waals surface area contributed by atoms with Crippen molar-refractivity contribution in [3.05, 3.63) is 35.9 Å². The molecule has 0 radical (unpaired) electrons. The highest BCUT2D eigenvalue weighted by atomic mass is 16.2. The Morgan fingerprint density at radius 2 is 1.71 bits per heavy atom. The van der Waals surface area contributed by atoms with Gasteiger partial charge in [-0.15, -0.1) is 0 Å². The molecule has 0 bridgehead atoms. The molecule has 0 N–H and O–H groups in total. The molecule has 1 fully saturated rings. The van der Waals surface area contributed by atoms with Crippen LogP contribution in [0.5, 0.6) is 0 Å². The van der Waals surface area contributed by atoms with Gasteiger partial charge in [-0.05, 0) is 25.3 Å². The van der Waals surface area contributed by atoms with Gasteiger partial charge in [0.1, 0.15) is 0 Å². The molecule has 1 saturated heterocycles.